The molecule has 1 heterocycles. The zero-order valence-electron chi connectivity index (χ0n) is 10.5. The van der Waals surface area contributed by atoms with E-state index in [-0.39, 0.29) is 25.0 Å². The Morgan fingerprint density at radius 3 is 2.47 bits per heavy atom. The zero-order valence-corrected chi connectivity index (χ0v) is 10.5. The van der Waals surface area contributed by atoms with Crippen molar-refractivity contribution in [2.75, 3.05) is 13.2 Å². The lowest BCUT2D eigenvalue weighted by Crippen LogP contribution is -2.03. The lowest BCUT2D eigenvalue weighted by atomic mass is 10.0. The van der Waals surface area contributed by atoms with Crippen LogP contribution >= 0.6 is 0 Å². The fourth-order valence-corrected chi connectivity index (χ4v) is 2.69. The highest BCUT2D eigenvalue weighted by Crippen LogP contribution is 2.40. The van der Waals surface area contributed by atoms with Crippen molar-refractivity contribution in [1.29, 1.82) is 0 Å². The van der Waals surface area contributed by atoms with E-state index < -0.39 is 0 Å². The fraction of sp³-hybridized carbons (Fsp3) is 0.333. The summed E-state index contributed by atoms with van der Waals surface area (Å²) in [4.78, 5) is 8.98. The molecule has 98 valence electrons. The molecule has 3 rings (SSSR count). The third kappa shape index (κ3) is 2.13. The predicted octanol–water partition coefficient (Wildman–Crippen LogP) is 1.70. The second kappa shape index (κ2) is 5.07. The van der Waals surface area contributed by atoms with Gasteiger partial charge in [-0.25, -0.2) is 9.97 Å². The standard InChI is InChI=1S/C15H16N2O2/c18-8-11-6-12(9-19)14-13(11)7-16-15(17-14)10-4-2-1-3-5-10/h1-5,7,11-12,18-19H,6,8-9H2. The monoisotopic (exact) mass is 256 g/mol. The molecule has 0 spiro atoms. The van der Waals surface area contributed by atoms with Crippen molar-refractivity contribution in [3.8, 4) is 11.4 Å². The van der Waals surface area contributed by atoms with Gasteiger partial charge in [0.2, 0.25) is 0 Å². The van der Waals surface area contributed by atoms with Crippen LogP contribution in [0.2, 0.25) is 0 Å². The second-order valence-corrected chi connectivity index (χ2v) is 4.89. The number of hydrogen-bond donors (Lipinski definition) is 2. The highest BCUT2D eigenvalue weighted by molar-refractivity contribution is 5.55. The molecule has 2 N–H and O–H groups in total. The highest BCUT2D eigenvalue weighted by Gasteiger charge is 2.32. The molecule has 0 saturated heterocycles. The first-order valence-corrected chi connectivity index (χ1v) is 6.47. The summed E-state index contributed by atoms with van der Waals surface area (Å²) >= 11 is 0. The van der Waals surface area contributed by atoms with Crippen LogP contribution in [0.5, 0.6) is 0 Å². The number of aliphatic hydroxyl groups is 2. The van der Waals surface area contributed by atoms with E-state index in [1.807, 2.05) is 30.3 Å². The van der Waals surface area contributed by atoms with Gasteiger partial charge in [0.1, 0.15) is 0 Å². The third-order valence-electron chi connectivity index (χ3n) is 3.72. The Morgan fingerprint density at radius 1 is 1.05 bits per heavy atom. The Bertz CT molecular complexity index is 572. The number of rotatable bonds is 3. The summed E-state index contributed by atoms with van der Waals surface area (Å²) in [7, 11) is 0. The minimum absolute atomic E-state index is 0.0117. The molecule has 0 saturated carbocycles. The number of nitrogens with zero attached hydrogens (tertiary/aromatic N) is 2. The summed E-state index contributed by atoms with van der Waals surface area (Å²) in [6.45, 7) is 0.145. The van der Waals surface area contributed by atoms with Gasteiger partial charge in [-0.15, -0.1) is 0 Å². The number of aliphatic hydroxyl groups excluding tert-OH is 2. The normalized spacial score (nSPS) is 21.4. The van der Waals surface area contributed by atoms with Crippen LogP contribution < -0.4 is 0 Å². The van der Waals surface area contributed by atoms with Gasteiger partial charge in [0.25, 0.3) is 0 Å². The van der Waals surface area contributed by atoms with Gasteiger partial charge < -0.3 is 10.2 Å². The van der Waals surface area contributed by atoms with Gasteiger partial charge in [-0.3, -0.25) is 0 Å². The number of benzene rings is 1. The minimum Gasteiger partial charge on any atom is -0.396 e. The van der Waals surface area contributed by atoms with E-state index in [0.29, 0.717) is 5.82 Å². The Morgan fingerprint density at radius 2 is 1.79 bits per heavy atom. The summed E-state index contributed by atoms with van der Waals surface area (Å²) in [5.41, 5.74) is 2.83. The maximum absolute atomic E-state index is 9.45. The Hall–Kier alpha value is -1.78. The van der Waals surface area contributed by atoms with Crippen molar-refractivity contribution in [2.45, 2.75) is 18.3 Å². The van der Waals surface area contributed by atoms with E-state index in [4.69, 9.17) is 0 Å². The lowest BCUT2D eigenvalue weighted by molar-refractivity contribution is 0.233. The van der Waals surface area contributed by atoms with Gasteiger partial charge in [0, 0.05) is 23.6 Å². The minimum atomic E-state index is 0.0117. The number of hydrogen-bond acceptors (Lipinski definition) is 4. The van der Waals surface area contributed by atoms with Crippen molar-refractivity contribution in [3.05, 3.63) is 47.8 Å². The molecular weight excluding hydrogens is 240 g/mol. The van der Waals surface area contributed by atoms with Crippen LogP contribution in [0.15, 0.2) is 36.5 Å². The topological polar surface area (TPSA) is 66.2 Å². The largest absolute Gasteiger partial charge is 0.396 e. The second-order valence-electron chi connectivity index (χ2n) is 4.89. The first kappa shape index (κ1) is 12.3. The molecule has 1 aliphatic carbocycles. The van der Waals surface area contributed by atoms with E-state index in [2.05, 4.69) is 9.97 Å². The van der Waals surface area contributed by atoms with Gasteiger partial charge in [0.15, 0.2) is 5.82 Å². The molecular formula is C15H16N2O2. The van der Waals surface area contributed by atoms with Crippen LogP contribution in [0.1, 0.15) is 29.5 Å². The fourth-order valence-electron chi connectivity index (χ4n) is 2.69. The summed E-state index contributed by atoms with van der Waals surface area (Å²) in [6.07, 6.45) is 2.54. The molecule has 2 aromatic rings. The molecule has 0 radical (unpaired) electrons. The van der Waals surface area contributed by atoms with Crippen LogP contribution in [0.25, 0.3) is 11.4 Å². The smallest absolute Gasteiger partial charge is 0.159 e. The lowest BCUT2D eigenvalue weighted by Gasteiger charge is -2.08. The molecule has 4 nitrogen and oxygen atoms in total. The first-order valence-electron chi connectivity index (χ1n) is 6.47. The first-order chi connectivity index (χ1) is 9.33. The average molecular weight is 256 g/mol. The molecule has 2 unspecified atom stereocenters. The molecule has 1 aromatic carbocycles. The quantitative estimate of drug-likeness (QED) is 0.877. The van der Waals surface area contributed by atoms with Crippen LogP contribution in [-0.4, -0.2) is 33.4 Å². The number of aromatic nitrogens is 2. The SMILES string of the molecule is OCC1CC(CO)c2nc(-c3ccccc3)ncc21. The number of fused-ring (bicyclic) bond motifs is 1. The van der Waals surface area contributed by atoms with E-state index in [0.717, 1.165) is 23.2 Å². The molecule has 1 aromatic heterocycles. The predicted molar refractivity (Wildman–Crippen MR) is 71.7 cm³/mol. The van der Waals surface area contributed by atoms with Crippen molar-refractivity contribution >= 4 is 0 Å². The summed E-state index contributed by atoms with van der Waals surface area (Å²) in [5.74, 6) is 0.742. The molecule has 0 amide bonds. The van der Waals surface area contributed by atoms with E-state index in [1.54, 1.807) is 6.20 Å². The average Bonchev–Trinajstić information content (AvgIpc) is 2.85. The third-order valence-corrected chi connectivity index (χ3v) is 3.72. The van der Waals surface area contributed by atoms with Gasteiger partial charge in [-0.2, -0.15) is 0 Å². The summed E-state index contributed by atoms with van der Waals surface area (Å²) in [6, 6.07) is 9.79. The van der Waals surface area contributed by atoms with Crippen molar-refractivity contribution < 1.29 is 10.2 Å². The van der Waals surface area contributed by atoms with Crippen molar-refractivity contribution in [3.63, 3.8) is 0 Å². The van der Waals surface area contributed by atoms with Crippen LogP contribution in [0.3, 0.4) is 0 Å². The Labute approximate surface area is 111 Å². The molecule has 1 aliphatic rings. The molecule has 19 heavy (non-hydrogen) atoms. The maximum atomic E-state index is 9.45. The van der Waals surface area contributed by atoms with Gasteiger partial charge >= 0.3 is 0 Å². The van der Waals surface area contributed by atoms with E-state index in [9.17, 15) is 10.2 Å². The summed E-state index contributed by atoms with van der Waals surface area (Å²) in [5, 5.41) is 18.8. The van der Waals surface area contributed by atoms with Crippen LogP contribution in [0, 0.1) is 0 Å². The van der Waals surface area contributed by atoms with Crippen molar-refractivity contribution in [2.24, 2.45) is 0 Å². The molecule has 0 bridgehead atoms. The van der Waals surface area contributed by atoms with Gasteiger partial charge in [-0.1, -0.05) is 30.3 Å². The molecule has 4 heteroatoms. The van der Waals surface area contributed by atoms with Crippen molar-refractivity contribution in [1.82, 2.24) is 9.97 Å². The maximum Gasteiger partial charge on any atom is 0.159 e. The Kier molecular flexibility index (Phi) is 3.27. The van der Waals surface area contributed by atoms with E-state index >= 15 is 0 Å². The van der Waals surface area contributed by atoms with Crippen LogP contribution in [-0.2, 0) is 0 Å². The molecule has 0 aliphatic heterocycles. The van der Waals surface area contributed by atoms with E-state index in [1.165, 1.54) is 0 Å². The molecule has 0 fully saturated rings. The molecule has 2 atom stereocenters. The zero-order chi connectivity index (χ0) is 13.2. The van der Waals surface area contributed by atoms with Gasteiger partial charge in [0.05, 0.1) is 18.9 Å². The Balaban J connectivity index is 2.04. The van der Waals surface area contributed by atoms with Gasteiger partial charge in [-0.05, 0) is 12.0 Å². The highest BCUT2D eigenvalue weighted by atomic mass is 16.3. The van der Waals surface area contributed by atoms with Crippen LogP contribution in [0.4, 0.5) is 0 Å². The summed E-state index contributed by atoms with van der Waals surface area (Å²) < 4.78 is 0.